The molecule has 0 saturated carbocycles. The number of hydrogen-bond acceptors (Lipinski definition) is 3. The third-order valence-corrected chi connectivity index (χ3v) is 3.75. The lowest BCUT2D eigenvalue weighted by atomic mass is 9.95. The van der Waals surface area contributed by atoms with Crippen LogP contribution < -0.4 is 10.6 Å². The molecule has 1 unspecified atom stereocenters. The molecule has 0 aromatic rings. The molecule has 17 heavy (non-hydrogen) atoms. The van der Waals surface area contributed by atoms with Gasteiger partial charge in [-0.2, -0.15) is 0 Å². The second-order valence-corrected chi connectivity index (χ2v) is 4.93. The first-order chi connectivity index (χ1) is 8.19. The first-order valence-corrected chi connectivity index (χ1v) is 6.85. The summed E-state index contributed by atoms with van der Waals surface area (Å²) in [7, 11) is 0. The summed E-state index contributed by atoms with van der Waals surface area (Å²) in [5.74, 6) is 0.458. The van der Waals surface area contributed by atoms with Gasteiger partial charge in [0.15, 0.2) is 0 Å². The number of carbonyl (C=O) groups excluding carboxylic acids is 1. The molecule has 1 rings (SSSR count). The number of nitrogens with one attached hydrogen (secondary N) is 2. The van der Waals surface area contributed by atoms with E-state index in [1.807, 2.05) is 0 Å². The molecule has 100 valence electrons. The predicted molar refractivity (Wildman–Crippen MR) is 68.7 cm³/mol. The Morgan fingerprint density at radius 2 is 2.18 bits per heavy atom. The molecule has 0 bridgehead atoms. The van der Waals surface area contributed by atoms with Crippen LogP contribution >= 0.6 is 0 Å². The Kier molecular flexibility index (Phi) is 6.52. The van der Waals surface area contributed by atoms with Crippen LogP contribution in [0.2, 0.25) is 0 Å². The van der Waals surface area contributed by atoms with Crippen LogP contribution in [-0.4, -0.2) is 36.8 Å². The molecule has 4 heteroatoms. The smallest absolute Gasteiger partial charge is 0.224 e. The van der Waals surface area contributed by atoms with E-state index in [0.29, 0.717) is 12.5 Å². The fraction of sp³-hybridized carbons (Fsp3) is 0.923. The minimum Gasteiger partial charge on any atom is -0.391 e. The van der Waals surface area contributed by atoms with E-state index in [2.05, 4.69) is 24.5 Å². The molecule has 0 aromatic carbocycles. The largest absolute Gasteiger partial charge is 0.391 e. The molecule has 0 spiro atoms. The van der Waals surface area contributed by atoms with Crippen LogP contribution in [-0.2, 0) is 4.79 Å². The minimum atomic E-state index is -0.412. The lowest BCUT2D eigenvalue weighted by Gasteiger charge is -2.24. The molecule has 3 N–H and O–H groups in total. The third-order valence-electron chi connectivity index (χ3n) is 3.75. The van der Waals surface area contributed by atoms with Crippen molar-refractivity contribution in [2.45, 2.75) is 45.6 Å². The molecule has 4 nitrogen and oxygen atoms in total. The van der Waals surface area contributed by atoms with Gasteiger partial charge in [-0.25, -0.2) is 0 Å². The van der Waals surface area contributed by atoms with Gasteiger partial charge in [0, 0.05) is 13.1 Å². The zero-order valence-electron chi connectivity index (χ0n) is 11.0. The van der Waals surface area contributed by atoms with E-state index >= 15 is 0 Å². The van der Waals surface area contributed by atoms with E-state index in [9.17, 15) is 9.90 Å². The quantitative estimate of drug-likeness (QED) is 0.648. The van der Waals surface area contributed by atoms with E-state index in [4.69, 9.17) is 0 Å². The number of hydrogen-bond donors (Lipinski definition) is 3. The van der Waals surface area contributed by atoms with Crippen LogP contribution in [0.15, 0.2) is 0 Å². The van der Waals surface area contributed by atoms with Gasteiger partial charge < -0.3 is 15.7 Å². The average molecular weight is 242 g/mol. The van der Waals surface area contributed by atoms with E-state index < -0.39 is 6.10 Å². The summed E-state index contributed by atoms with van der Waals surface area (Å²) >= 11 is 0. The fourth-order valence-electron chi connectivity index (χ4n) is 2.42. The highest BCUT2D eigenvalue weighted by Crippen LogP contribution is 2.13. The van der Waals surface area contributed by atoms with Gasteiger partial charge in [0.2, 0.25) is 5.91 Å². The van der Waals surface area contributed by atoms with Crippen LogP contribution in [0.25, 0.3) is 0 Å². The Morgan fingerprint density at radius 3 is 2.71 bits per heavy atom. The van der Waals surface area contributed by atoms with Crippen LogP contribution in [0, 0.1) is 11.8 Å². The van der Waals surface area contributed by atoms with Gasteiger partial charge in [0.05, 0.1) is 12.0 Å². The molecule has 1 amide bonds. The topological polar surface area (TPSA) is 61.4 Å². The zero-order chi connectivity index (χ0) is 12.7. The Bertz CT molecular complexity index is 223. The summed E-state index contributed by atoms with van der Waals surface area (Å²) < 4.78 is 0. The summed E-state index contributed by atoms with van der Waals surface area (Å²) in [5.41, 5.74) is 0. The number of aliphatic hydroxyl groups excluding tert-OH is 1. The Hall–Kier alpha value is -0.610. The molecule has 1 saturated heterocycles. The predicted octanol–water partition coefficient (Wildman–Crippen LogP) is 0.899. The zero-order valence-corrected chi connectivity index (χ0v) is 11.0. The van der Waals surface area contributed by atoms with Crippen molar-refractivity contribution < 1.29 is 9.90 Å². The number of rotatable bonds is 6. The van der Waals surface area contributed by atoms with E-state index in [-0.39, 0.29) is 11.8 Å². The highest BCUT2D eigenvalue weighted by Gasteiger charge is 2.22. The fourth-order valence-corrected chi connectivity index (χ4v) is 2.42. The standard InChI is InChI=1S/C13H26N2O2/c1-3-10(4-2)12(16)9-15-13(17)11-6-5-7-14-8-11/h10-12,14,16H,3-9H2,1-2H3,(H,15,17)/t11-,12?/m1/s1. The van der Waals surface area contributed by atoms with E-state index in [1.54, 1.807) is 0 Å². The molecule has 0 radical (unpaired) electrons. The van der Waals surface area contributed by atoms with Gasteiger partial charge in [0.25, 0.3) is 0 Å². The maximum Gasteiger partial charge on any atom is 0.224 e. The van der Waals surface area contributed by atoms with Crippen molar-refractivity contribution in [1.82, 2.24) is 10.6 Å². The lowest BCUT2D eigenvalue weighted by Crippen LogP contribution is -2.43. The van der Waals surface area contributed by atoms with Crippen LogP contribution in [0.5, 0.6) is 0 Å². The van der Waals surface area contributed by atoms with Crippen molar-refractivity contribution in [3.05, 3.63) is 0 Å². The van der Waals surface area contributed by atoms with Crippen molar-refractivity contribution in [1.29, 1.82) is 0 Å². The Morgan fingerprint density at radius 1 is 1.47 bits per heavy atom. The number of aliphatic hydroxyl groups is 1. The summed E-state index contributed by atoms with van der Waals surface area (Å²) in [6.07, 6.45) is 3.52. The lowest BCUT2D eigenvalue weighted by molar-refractivity contribution is -0.126. The van der Waals surface area contributed by atoms with E-state index in [1.165, 1.54) is 0 Å². The first-order valence-electron chi connectivity index (χ1n) is 6.85. The molecule has 1 heterocycles. The highest BCUT2D eigenvalue weighted by atomic mass is 16.3. The van der Waals surface area contributed by atoms with Gasteiger partial charge >= 0.3 is 0 Å². The van der Waals surface area contributed by atoms with Crippen molar-refractivity contribution in [2.75, 3.05) is 19.6 Å². The second-order valence-electron chi connectivity index (χ2n) is 4.93. The van der Waals surface area contributed by atoms with E-state index in [0.717, 1.165) is 38.8 Å². The van der Waals surface area contributed by atoms with Crippen molar-refractivity contribution in [3.63, 3.8) is 0 Å². The van der Waals surface area contributed by atoms with Crippen LogP contribution in [0.1, 0.15) is 39.5 Å². The Balaban J connectivity index is 2.26. The third kappa shape index (κ3) is 4.64. The number of amides is 1. The highest BCUT2D eigenvalue weighted by molar-refractivity contribution is 5.78. The molecule has 0 aliphatic carbocycles. The normalized spacial score (nSPS) is 22.5. The molecule has 1 aliphatic rings. The molecule has 1 aliphatic heterocycles. The van der Waals surface area contributed by atoms with Gasteiger partial charge in [-0.1, -0.05) is 26.7 Å². The SMILES string of the molecule is CCC(CC)C(O)CNC(=O)[C@@H]1CCCNC1. The first kappa shape index (κ1) is 14.5. The minimum absolute atomic E-state index is 0.0812. The number of piperidine rings is 1. The maximum atomic E-state index is 11.8. The maximum absolute atomic E-state index is 11.8. The van der Waals surface area contributed by atoms with Gasteiger partial charge in [-0.05, 0) is 25.3 Å². The van der Waals surface area contributed by atoms with Gasteiger partial charge in [0.1, 0.15) is 0 Å². The molecule has 0 aromatic heterocycles. The number of carbonyl (C=O) groups is 1. The summed E-state index contributed by atoms with van der Waals surface area (Å²) in [4.78, 5) is 11.8. The van der Waals surface area contributed by atoms with Crippen LogP contribution in [0.3, 0.4) is 0 Å². The average Bonchev–Trinajstić information content (AvgIpc) is 2.38. The molecule has 1 fully saturated rings. The molecule has 2 atom stereocenters. The summed E-state index contributed by atoms with van der Waals surface area (Å²) in [6.45, 7) is 6.32. The monoisotopic (exact) mass is 242 g/mol. The van der Waals surface area contributed by atoms with Gasteiger partial charge in [-0.15, -0.1) is 0 Å². The van der Waals surface area contributed by atoms with Crippen molar-refractivity contribution in [2.24, 2.45) is 11.8 Å². The van der Waals surface area contributed by atoms with Crippen molar-refractivity contribution in [3.8, 4) is 0 Å². The summed E-state index contributed by atoms with van der Waals surface area (Å²) in [5, 5.41) is 16.0. The molecular formula is C13H26N2O2. The Labute approximate surface area is 104 Å². The van der Waals surface area contributed by atoms with Crippen molar-refractivity contribution >= 4 is 5.91 Å². The van der Waals surface area contributed by atoms with Crippen LogP contribution in [0.4, 0.5) is 0 Å². The van der Waals surface area contributed by atoms with Gasteiger partial charge in [-0.3, -0.25) is 4.79 Å². The second kappa shape index (κ2) is 7.67. The molecular weight excluding hydrogens is 216 g/mol. The summed E-state index contributed by atoms with van der Waals surface area (Å²) in [6, 6.07) is 0.